The minimum absolute atomic E-state index is 0.531. The average molecular weight is 249 g/mol. The third kappa shape index (κ3) is 3.12. The minimum Gasteiger partial charge on any atom is -0.377 e. The highest BCUT2D eigenvalue weighted by atomic mass is 16.5. The molecule has 100 valence electrons. The number of rotatable bonds is 7. The zero-order valence-corrected chi connectivity index (χ0v) is 11.0. The summed E-state index contributed by atoms with van der Waals surface area (Å²) in [5, 5.41) is 3.45. The first-order valence-electron chi connectivity index (χ1n) is 7.26. The fourth-order valence-electron chi connectivity index (χ4n) is 2.72. The van der Waals surface area contributed by atoms with Crippen LogP contribution in [0.5, 0.6) is 0 Å². The van der Waals surface area contributed by atoms with Crippen LogP contribution < -0.4 is 5.32 Å². The first kappa shape index (κ1) is 12.2. The van der Waals surface area contributed by atoms with Crippen LogP contribution in [0, 0.1) is 0 Å². The van der Waals surface area contributed by atoms with Crippen molar-refractivity contribution in [3.63, 3.8) is 0 Å². The molecule has 0 saturated heterocycles. The van der Waals surface area contributed by atoms with Crippen LogP contribution in [0.2, 0.25) is 0 Å². The molecule has 18 heavy (non-hydrogen) atoms. The summed E-state index contributed by atoms with van der Waals surface area (Å²) in [7, 11) is 0. The molecular weight excluding hydrogens is 226 g/mol. The predicted molar refractivity (Wildman–Crippen MR) is 70.4 cm³/mol. The molecule has 1 aromatic heterocycles. The van der Waals surface area contributed by atoms with Gasteiger partial charge in [-0.1, -0.05) is 12.8 Å². The number of ether oxygens (including phenoxy) is 1. The molecule has 3 rings (SSSR count). The maximum Gasteiger partial charge on any atom is 0.0951 e. The first-order chi connectivity index (χ1) is 8.93. The van der Waals surface area contributed by atoms with Crippen molar-refractivity contribution in [2.75, 3.05) is 13.2 Å². The summed E-state index contributed by atoms with van der Waals surface area (Å²) in [5.74, 6) is 0. The van der Waals surface area contributed by atoms with Crippen LogP contribution in [-0.4, -0.2) is 28.8 Å². The molecular formula is C14H23N3O. The molecule has 1 aromatic rings. The maximum absolute atomic E-state index is 5.83. The zero-order chi connectivity index (χ0) is 12.2. The fourth-order valence-corrected chi connectivity index (χ4v) is 2.72. The summed E-state index contributed by atoms with van der Waals surface area (Å²) in [4.78, 5) is 4.24. The zero-order valence-electron chi connectivity index (χ0n) is 11.0. The second-order valence-electron chi connectivity index (χ2n) is 5.48. The van der Waals surface area contributed by atoms with Gasteiger partial charge in [0.25, 0.3) is 0 Å². The van der Waals surface area contributed by atoms with Crippen molar-refractivity contribution in [3.05, 3.63) is 18.2 Å². The molecule has 0 unspecified atom stereocenters. The van der Waals surface area contributed by atoms with Gasteiger partial charge in [0, 0.05) is 25.3 Å². The number of nitrogens with zero attached hydrogens (tertiary/aromatic N) is 2. The van der Waals surface area contributed by atoms with Gasteiger partial charge in [-0.2, -0.15) is 0 Å². The second kappa shape index (κ2) is 5.85. The van der Waals surface area contributed by atoms with Crippen LogP contribution in [0.3, 0.4) is 0 Å². The Morgan fingerprint density at radius 3 is 2.89 bits per heavy atom. The Morgan fingerprint density at radius 1 is 1.28 bits per heavy atom. The van der Waals surface area contributed by atoms with E-state index in [9.17, 15) is 0 Å². The lowest BCUT2D eigenvalue weighted by molar-refractivity contribution is 0.0602. The Balaban J connectivity index is 1.32. The highest BCUT2D eigenvalue weighted by Crippen LogP contribution is 2.35. The average Bonchev–Trinajstić information content (AvgIpc) is 2.92. The Bertz CT molecular complexity index is 367. The van der Waals surface area contributed by atoms with Crippen LogP contribution in [-0.2, 0) is 11.3 Å². The van der Waals surface area contributed by atoms with E-state index in [-0.39, 0.29) is 0 Å². The molecule has 4 heteroatoms. The first-order valence-corrected chi connectivity index (χ1v) is 7.26. The molecule has 1 N–H and O–H groups in total. The van der Waals surface area contributed by atoms with Crippen LogP contribution >= 0.6 is 0 Å². The molecule has 1 heterocycles. The van der Waals surface area contributed by atoms with Gasteiger partial charge < -0.3 is 14.6 Å². The molecule has 0 radical (unpaired) electrons. The third-order valence-corrected chi connectivity index (χ3v) is 3.93. The van der Waals surface area contributed by atoms with Gasteiger partial charge in [-0.25, -0.2) is 4.98 Å². The third-order valence-electron chi connectivity index (χ3n) is 3.93. The Hall–Kier alpha value is -0.870. The highest BCUT2D eigenvalue weighted by molar-refractivity contribution is 5.03. The number of hydrogen-bond donors (Lipinski definition) is 1. The van der Waals surface area contributed by atoms with Gasteiger partial charge in [0.1, 0.15) is 0 Å². The number of nitrogens with one attached hydrogen (secondary N) is 1. The lowest BCUT2D eigenvalue weighted by Crippen LogP contribution is -2.23. The van der Waals surface area contributed by atoms with E-state index in [1.165, 1.54) is 44.2 Å². The van der Waals surface area contributed by atoms with Crippen LogP contribution in [0.25, 0.3) is 0 Å². The molecule has 2 aliphatic carbocycles. The standard InChI is InChI=1S/C14H23N3O/c1-2-4-14(3-1)18-8-7-15-9-13-10-16-11-17(13)12-5-6-12/h10-12,14-15H,1-9H2. The fraction of sp³-hybridized carbons (Fsp3) is 0.786. The monoisotopic (exact) mass is 249 g/mol. The molecule has 0 aromatic carbocycles. The van der Waals surface area contributed by atoms with Crippen molar-refractivity contribution >= 4 is 0 Å². The second-order valence-corrected chi connectivity index (χ2v) is 5.48. The minimum atomic E-state index is 0.531. The smallest absolute Gasteiger partial charge is 0.0951 e. The lowest BCUT2D eigenvalue weighted by atomic mass is 10.3. The normalized spacial score (nSPS) is 20.7. The Morgan fingerprint density at radius 2 is 2.11 bits per heavy atom. The molecule has 0 aliphatic heterocycles. The molecule has 2 saturated carbocycles. The number of imidazole rings is 1. The molecule has 2 fully saturated rings. The van der Waals surface area contributed by atoms with E-state index in [2.05, 4.69) is 14.9 Å². The lowest BCUT2D eigenvalue weighted by Gasteiger charge is -2.12. The summed E-state index contributed by atoms with van der Waals surface area (Å²) in [5.41, 5.74) is 1.30. The summed E-state index contributed by atoms with van der Waals surface area (Å²) < 4.78 is 8.14. The van der Waals surface area contributed by atoms with Gasteiger partial charge in [0.05, 0.1) is 24.7 Å². The summed E-state index contributed by atoms with van der Waals surface area (Å²) in [6.07, 6.45) is 12.3. The molecule has 0 spiro atoms. The van der Waals surface area contributed by atoms with Crippen molar-refractivity contribution in [1.29, 1.82) is 0 Å². The van der Waals surface area contributed by atoms with Crippen LogP contribution in [0.15, 0.2) is 12.5 Å². The van der Waals surface area contributed by atoms with E-state index in [1.54, 1.807) is 0 Å². The van der Waals surface area contributed by atoms with E-state index >= 15 is 0 Å². The molecule has 0 atom stereocenters. The highest BCUT2D eigenvalue weighted by Gasteiger charge is 2.24. The summed E-state index contributed by atoms with van der Waals surface area (Å²) in [6, 6.07) is 0.721. The largest absolute Gasteiger partial charge is 0.377 e. The van der Waals surface area contributed by atoms with E-state index in [4.69, 9.17) is 4.74 Å². The molecule has 4 nitrogen and oxygen atoms in total. The van der Waals surface area contributed by atoms with Crippen molar-refractivity contribution < 1.29 is 4.74 Å². The Kier molecular flexibility index (Phi) is 3.96. The predicted octanol–water partition coefficient (Wildman–Crippen LogP) is 2.27. The quantitative estimate of drug-likeness (QED) is 0.753. The van der Waals surface area contributed by atoms with E-state index in [1.807, 2.05) is 12.5 Å². The van der Waals surface area contributed by atoms with Crippen molar-refractivity contribution in [1.82, 2.24) is 14.9 Å². The summed E-state index contributed by atoms with van der Waals surface area (Å²) >= 11 is 0. The van der Waals surface area contributed by atoms with Crippen LogP contribution in [0.1, 0.15) is 50.3 Å². The van der Waals surface area contributed by atoms with Crippen molar-refractivity contribution in [3.8, 4) is 0 Å². The van der Waals surface area contributed by atoms with E-state index in [0.717, 1.165) is 25.7 Å². The SMILES string of the molecule is c1ncn(C2CC2)c1CNCCOC1CCCC1. The molecule has 0 amide bonds. The van der Waals surface area contributed by atoms with Gasteiger partial charge in [-0.3, -0.25) is 0 Å². The topological polar surface area (TPSA) is 39.1 Å². The van der Waals surface area contributed by atoms with Gasteiger partial charge in [0.15, 0.2) is 0 Å². The number of hydrogen-bond acceptors (Lipinski definition) is 3. The number of aromatic nitrogens is 2. The van der Waals surface area contributed by atoms with E-state index in [0.29, 0.717) is 6.10 Å². The summed E-state index contributed by atoms with van der Waals surface area (Å²) in [6.45, 7) is 2.68. The van der Waals surface area contributed by atoms with Crippen LogP contribution in [0.4, 0.5) is 0 Å². The van der Waals surface area contributed by atoms with Gasteiger partial charge in [0.2, 0.25) is 0 Å². The van der Waals surface area contributed by atoms with Gasteiger partial charge in [-0.05, 0) is 25.7 Å². The van der Waals surface area contributed by atoms with Crippen molar-refractivity contribution in [2.45, 2.75) is 57.2 Å². The maximum atomic E-state index is 5.83. The molecule has 0 bridgehead atoms. The van der Waals surface area contributed by atoms with Gasteiger partial charge in [-0.15, -0.1) is 0 Å². The van der Waals surface area contributed by atoms with Gasteiger partial charge >= 0.3 is 0 Å². The van der Waals surface area contributed by atoms with Crippen molar-refractivity contribution in [2.24, 2.45) is 0 Å². The van der Waals surface area contributed by atoms with E-state index < -0.39 is 0 Å². The molecule has 2 aliphatic rings. The Labute approximate surface area is 109 Å².